The molecule has 0 aromatic heterocycles. The van der Waals surface area contributed by atoms with Crippen molar-refractivity contribution in [2.24, 2.45) is 17.1 Å². The molecule has 2 aliphatic rings. The Balaban J connectivity index is 1.72. The van der Waals surface area contributed by atoms with E-state index in [9.17, 15) is 4.79 Å². The Labute approximate surface area is 121 Å². The van der Waals surface area contributed by atoms with E-state index in [1.54, 1.807) is 0 Å². The van der Waals surface area contributed by atoms with Gasteiger partial charge in [0, 0.05) is 17.9 Å². The molecule has 2 fully saturated rings. The summed E-state index contributed by atoms with van der Waals surface area (Å²) in [6.07, 6.45) is 7.94. The lowest BCUT2D eigenvalue weighted by atomic mass is 9.74. The molecule has 20 heavy (non-hydrogen) atoms. The summed E-state index contributed by atoms with van der Waals surface area (Å²) in [6, 6.07) is 10.5. The standard InChI is InChI=1S/C18H25NO/c19-13-18(10-6-1-2-7-11-18)17(20)16-12-15(16)14-8-4-3-5-9-14/h3-5,8-9,15-16H,1-2,6-7,10-13,19H2. The molecule has 2 heteroatoms. The van der Waals surface area contributed by atoms with Gasteiger partial charge in [0.05, 0.1) is 0 Å². The molecule has 2 unspecified atom stereocenters. The molecular weight excluding hydrogens is 246 g/mol. The van der Waals surface area contributed by atoms with Crippen LogP contribution in [0.15, 0.2) is 30.3 Å². The summed E-state index contributed by atoms with van der Waals surface area (Å²) in [4.78, 5) is 13.0. The molecule has 2 saturated carbocycles. The molecule has 0 radical (unpaired) electrons. The zero-order chi connectivity index (χ0) is 14.0. The van der Waals surface area contributed by atoms with Crippen LogP contribution < -0.4 is 5.73 Å². The number of nitrogens with two attached hydrogens (primary N) is 1. The molecular formula is C18H25NO. The predicted octanol–water partition coefficient (Wildman–Crippen LogP) is 3.66. The molecule has 2 aliphatic carbocycles. The Hall–Kier alpha value is -1.15. The maximum atomic E-state index is 13.0. The first-order valence-corrected chi connectivity index (χ1v) is 8.06. The van der Waals surface area contributed by atoms with Crippen molar-refractivity contribution in [1.82, 2.24) is 0 Å². The maximum absolute atomic E-state index is 13.0. The molecule has 2 nitrogen and oxygen atoms in total. The molecule has 2 N–H and O–H groups in total. The zero-order valence-corrected chi connectivity index (χ0v) is 12.2. The molecule has 1 aromatic carbocycles. The van der Waals surface area contributed by atoms with E-state index in [0.717, 1.165) is 19.3 Å². The number of carbonyl (C=O) groups excluding carboxylic acids is 1. The van der Waals surface area contributed by atoms with Gasteiger partial charge < -0.3 is 5.73 Å². The van der Waals surface area contributed by atoms with Crippen LogP contribution in [0.4, 0.5) is 0 Å². The van der Waals surface area contributed by atoms with Crippen LogP contribution in [-0.4, -0.2) is 12.3 Å². The fourth-order valence-corrected chi connectivity index (χ4v) is 3.90. The first-order valence-electron chi connectivity index (χ1n) is 8.06. The predicted molar refractivity (Wildman–Crippen MR) is 81.5 cm³/mol. The molecule has 0 saturated heterocycles. The average Bonchev–Trinajstić information content (AvgIpc) is 3.31. The highest BCUT2D eigenvalue weighted by Crippen LogP contribution is 2.52. The van der Waals surface area contributed by atoms with Crippen molar-refractivity contribution in [2.75, 3.05) is 6.54 Å². The largest absolute Gasteiger partial charge is 0.329 e. The molecule has 1 aromatic rings. The number of hydrogen-bond donors (Lipinski definition) is 1. The van der Waals surface area contributed by atoms with E-state index < -0.39 is 0 Å². The first kappa shape index (κ1) is 13.8. The third-order valence-corrected chi connectivity index (χ3v) is 5.33. The molecule has 0 amide bonds. The lowest BCUT2D eigenvalue weighted by Gasteiger charge is -2.30. The van der Waals surface area contributed by atoms with E-state index >= 15 is 0 Å². The fraction of sp³-hybridized carbons (Fsp3) is 0.611. The highest BCUT2D eigenvalue weighted by molar-refractivity contribution is 5.90. The van der Waals surface area contributed by atoms with Crippen LogP contribution >= 0.6 is 0 Å². The van der Waals surface area contributed by atoms with Crippen LogP contribution in [-0.2, 0) is 4.79 Å². The highest BCUT2D eigenvalue weighted by atomic mass is 16.1. The molecule has 2 atom stereocenters. The van der Waals surface area contributed by atoms with Gasteiger partial charge in [-0.05, 0) is 30.7 Å². The quantitative estimate of drug-likeness (QED) is 0.849. The molecule has 3 rings (SSSR count). The molecule has 0 aliphatic heterocycles. The molecule has 0 spiro atoms. The van der Waals surface area contributed by atoms with Gasteiger partial charge in [0.15, 0.2) is 0 Å². The molecule has 0 bridgehead atoms. The summed E-state index contributed by atoms with van der Waals surface area (Å²) >= 11 is 0. The van der Waals surface area contributed by atoms with E-state index in [1.807, 2.05) is 6.07 Å². The van der Waals surface area contributed by atoms with E-state index in [1.165, 1.54) is 31.2 Å². The van der Waals surface area contributed by atoms with Crippen molar-refractivity contribution in [3.63, 3.8) is 0 Å². The van der Waals surface area contributed by atoms with Crippen molar-refractivity contribution >= 4 is 5.78 Å². The minimum atomic E-state index is -0.204. The van der Waals surface area contributed by atoms with E-state index in [0.29, 0.717) is 18.2 Å². The summed E-state index contributed by atoms with van der Waals surface area (Å²) in [7, 11) is 0. The molecule has 0 heterocycles. The summed E-state index contributed by atoms with van der Waals surface area (Å²) in [5.41, 5.74) is 7.16. The Morgan fingerprint density at radius 3 is 2.35 bits per heavy atom. The number of carbonyl (C=O) groups is 1. The highest BCUT2D eigenvalue weighted by Gasteiger charge is 2.51. The maximum Gasteiger partial charge on any atom is 0.143 e. The summed E-state index contributed by atoms with van der Waals surface area (Å²) in [5, 5.41) is 0. The Morgan fingerprint density at radius 2 is 1.75 bits per heavy atom. The lowest BCUT2D eigenvalue weighted by molar-refractivity contribution is -0.130. The van der Waals surface area contributed by atoms with E-state index in [-0.39, 0.29) is 11.3 Å². The van der Waals surface area contributed by atoms with Gasteiger partial charge in [-0.15, -0.1) is 0 Å². The summed E-state index contributed by atoms with van der Waals surface area (Å²) in [5.74, 6) is 1.16. The topological polar surface area (TPSA) is 43.1 Å². The number of ketones is 1. The van der Waals surface area contributed by atoms with Gasteiger partial charge in [0.25, 0.3) is 0 Å². The Morgan fingerprint density at radius 1 is 1.10 bits per heavy atom. The van der Waals surface area contributed by atoms with Crippen molar-refractivity contribution < 1.29 is 4.79 Å². The van der Waals surface area contributed by atoms with Crippen molar-refractivity contribution in [2.45, 2.75) is 50.9 Å². The fourth-order valence-electron chi connectivity index (χ4n) is 3.90. The van der Waals surface area contributed by atoms with Gasteiger partial charge in [-0.2, -0.15) is 0 Å². The van der Waals surface area contributed by atoms with Crippen LogP contribution in [0.3, 0.4) is 0 Å². The first-order chi connectivity index (χ1) is 9.77. The van der Waals surface area contributed by atoms with Crippen LogP contribution in [0.1, 0.15) is 56.4 Å². The van der Waals surface area contributed by atoms with Gasteiger partial charge >= 0.3 is 0 Å². The number of rotatable bonds is 4. The van der Waals surface area contributed by atoms with Gasteiger partial charge in [0.1, 0.15) is 5.78 Å². The number of benzene rings is 1. The van der Waals surface area contributed by atoms with Gasteiger partial charge in [0.2, 0.25) is 0 Å². The third kappa shape index (κ3) is 2.54. The second kappa shape index (κ2) is 5.69. The van der Waals surface area contributed by atoms with Gasteiger partial charge in [-0.25, -0.2) is 0 Å². The van der Waals surface area contributed by atoms with Crippen LogP contribution in [0.2, 0.25) is 0 Å². The summed E-state index contributed by atoms with van der Waals surface area (Å²) in [6.45, 7) is 0.545. The van der Waals surface area contributed by atoms with Crippen LogP contribution in [0.5, 0.6) is 0 Å². The van der Waals surface area contributed by atoms with Gasteiger partial charge in [-0.3, -0.25) is 4.79 Å². The van der Waals surface area contributed by atoms with Crippen LogP contribution in [0, 0.1) is 11.3 Å². The SMILES string of the molecule is NCC1(C(=O)C2CC2c2ccccc2)CCCCCC1. The minimum absolute atomic E-state index is 0.204. The van der Waals surface area contributed by atoms with E-state index in [2.05, 4.69) is 24.3 Å². The second-order valence-electron chi connectivity index (χ2n) is 6.62. The monoisotopic (exact) mass is 271 g/mol. The Bertz CT molecular complexity index is 460. The minimum Gasteiger partial charge on any atom is -0.329 e. The third-order valence-electron chi connectivity index (χ3n) is 5.33. The smallest absolute Gasteiger partial charge is 0.143 e. The summed E-state index contributed by atoms with van der Waals surface area (Å²) < 4.78 is 0. The Kier molecular flexibility index (Phi) is 3.93. The van der Waals surface area contributed by atoms with Crippen molar-refractivity contribution in [3.05, 3.63) is 35.9 Å². The average molecular weight is 271 g/mol. The van der Waals surface area contributed by atoms with Crippen LogP contribution in [0.25, 0.3) is 0 Å². The second-order valence-corrected chi connectivity index (χ2v) is 6.62. The number of hydrogen-bond acceptors (Lipinski definition) is 2. The van der Waals surface area contributed by atoms with Crippen molar-refractivity contribution in [1.29, 1.82) is 0 Å². The normalized spacial score (nSPS) is 28.6. The van der Waals surface area contributed by atoms with E-state index in [4.69, 9.17) is 5.73 Å². The van der Waals surface area contributed by atoms with Crippen molar-refractivity contribution in [3.8, 4) is 0 Å². The lowest BCUT2D eigenvalue weighted by Crippen LogP contribution is -2.39. The zero-order valence-electron chi connectivity index (χ0n) is 12.2. The number of Topliss-reactive ketones (excluding diaryl/α,β-unsaturated/α-hetero) is 1. The van der Waals surface area contributed by atoms with Gasteiger partial charge in [-0.1, -0.05) is 56.0 Å². The molecule has 108 valence electrons.